The molecule has 0 heterocycles. The molecule has 1 atom stereocenters. The van der Waals surface area contributed by atoms with Crippen LogP contribution in [0.4, 0.5) is 4.79 Å². The van der Waals surface area contributed by atoms with E-state index in [4.69, 9.17) is 5.11 Å². The lowest BCUT2D eigenvalue weighted by molar-refractivity contribution is -0.137. The van der Waals surface area contributed by atoms with Gasteiger partial charge in [0, 0.05) is 18.6 Å². The monoisotopic (exact) mass is 228 g/mol. The van der Waals surface area contributed by atoms with E-state index < -0.39 is 5.97 Å². The SMILES string of the molecule is C=CCN(C(=O)NC(C)CC(=O)O)C(C)C. The number of nitrogens with one attached hydrogen (secondary N) is 1. The van der Waals surface area contributed by atoms with Crippen LogP contribution in [0.5, 0.6) is 0 Å². The van der Waals surface area contributed by atoms with Gasteiger partial charge in [-0.1, -0.05) is 6.08 Å². The van der Waals surface area contributed by atoms with Gasteiger partial charge in [-0.05, 0) is 20.8 Å². The fraction of sp³-hybridized carbons (Fsp3) is 0.636. The fourth-order valence-corrected chi connectivity index (χ4v) is 1.27. The predicted octanol–water partition coefficient (Wildman–Crippen LogP) is 1.46. The highest BCUT2D eigenvalue weighted by Gasteiger charge is 2.18. The van der Waals surface area contributed by atoms with Gasteiger partial charge in [-0.3, -0.25) is 4.79 Å². The van der Waals surface area contributed by atoms with E-state index in [1.807, 2.05) is 13.8 Å². The van der Waals surface area contributed by atoms with E-state index in [-0.39, 0.29) is 24.5 Å². The van der Waals surface area contributed by atoms with Crippen molar-refractivity contribution in [1.82, 2.24) is 10.2 Å². The van der Waals surface area contributed by atoms with Crippen LogP contribution in [0, 0.1) is 0 Å². The van der Waals surface area contributed by atoms with Gasteiger partial charge in [0.05, 0.1) is 6.42 Å². The number of amides is 2. The van der Waals surface area contributed by atoms with Crippen LogP contribution >= 0.6 is 0 Å². The van der Waals surface area contributed by atoms with Crippen molar-refractivity contribution in [2.75, 3.05) is 6.54 Å². The molecule has 2 amide bonds. The first-order chi connectivity index (χ1) is 7.38. The number of carbonyl (C=O) groups excluding carboxylic acids is 1. The summed E-state index contributed by atoms with van der Waals surface area (Å²) in [7, 11) is 0. The largest absolute Gasteiger partial charge is 0.481 e. The van der Waals surface area contributed by atoms with Gasteiger partial charge in [-0.25, -0.2) is 4.79 Å². The van der Waals surface area contributed by atoms with Crippen LogP contribution in [0.1, 0.15) is 27.2 Å². The van der Waals surface area contributed by atoms with E-state index in [1.54, 1.807) is 17.9 Å². The molecule has 2 N–H and O–H groups in total. The zero-order chi connectivity index (χ0) is 12.7. The molecular weight excluding hydrogens is 208 g/mol. The van der Waals surface area contributed by atoms with Gasteiger partial charge in [0.1, 0.15) is 0 Å². The van der Waals surface area contributed by atoms with Crippen LogP contribution in [0.15, 0.2) is 12.7 Å². The van der Waals surface area contributed by atoms with Crippen molar-refractivity contribution in [3.8, 4) is 0 Å². The summed E-state index contributed by atoms with van der Waals surface area (Å²) in [4.78, 5) is 23.8. The summed E-state index contributed by atoms with van der Waals surface area (Å²) in [6.07, 6.45) is 1.56. The second-order valence-corrected chi connectivity index (χ2v) is 3.98. The maximum atomic E-state index is 11.7. The van der Waals surface area contributed by atoms with E-state index in [2.05, 4.69) is 11.9 Å². The summed E-state index contributed by atoms with van der Waals surface area (Å²) in [5.74, 6) is -0.924. The topological polar surface area (TPSA) is 69.6 Å². The molecule has 0 saturated heterocycles. The third-order valence-corrected chi connectivity index (χ3v) is 2.06. The number of carbonyl (C=O) groups is 2. The fourth-order valence-electron chi connectivity index (χ4n) is 1.27. The summed E-state index contributed by atoms with van der Waals surface area (Å²) >= 11 is 0. The highest BCUT2D eigenvalue weighted by Crippen LogP contribution is 2.00. The molecule has 0 rings (SSSR count). The van der Waals surface area contributed by atoms with Gasteiger partial charge in [0.2, 0.25) is 0 Å². The molecule has 0 aromatic heterocycles. The average Bonchev–Trinajstić information content (AvgIpc) is 2.11. The Bertz CT molecular complexity index is 264. The van der Waals surface area contributed by atoms with E-state index in [9.17, 15) is 9.59 Å². The maximum Gasteiger partial charge on any atom is 0.318 e. The number of nitrogens with zero attached hydrogens (tertiary/aromatic N) is 1. The van der Waals surface area contributed by atoms with Crippen molar-refractivity contribution < 1.29 is 14.7 Å². The van der Waals surface area contributed by atoms with E-state index in [0.29, 0.717) is 6.54 Å². The molecule has 0 aromatic carbocycles. The lowest BCUT2D eigenvalue weighted by Gasteiger charge is -2.27. The van der Waals surface area contributed by atoms with Crippen molar-refractivity contribution in [3.63, 3.8) is 0 Å². The first kappa shape index (κ1) is 14.5. The highest BCUT2D eigenvalue weighted by molar-refractivity contribution is 5.76. The lowest BCUT2D eigenvalue weighted by atomic mass is 10.2. The Morgan fingerprint density at radius 3 is 2.38 bits per heavy atom. The van der Waals surface area contributed by atoms with Crippen LogP contribution in [-0.4, -0.2) is 40.6 Å². The molecule has 0 aliphatic carbocycles. The molecular formula is C11H20N2O3. The number of carboxylic acid groups (broad SMARTS) is 1. The van der Waals surface area contributed by atoms with Gasteiger partial charge in [0.25, 0.3) is 0 Å². The van der Waals surface area contributed by atoms with Crippen molar-refractivity contribution >= 4 is 12.0 Å². The third-order valence-electron chi connectivity index (χ3n) is 2.06. The average molecular weight is 228 g/mol. The van der Waals surface area contributed by atoms with Crippen LogP contribution < -0.4 is 5.32 Å². The first-order valence-electron chi connectivity index (χ1n) is 5.28. The van der Waals surface area contributed by atoms with Gasteiger partial charge in [-0.15, -0.1) is 6.58 Å². The number of rotatable bonds is 6. The normalized spacial score (nSPS) is 12.0. The van der Waals surface area contributed by atoms with E-state index >= 15 is 0 Å². The molecule has 5 nitrogen and oxygen atoms in total. The Morgan fingerprint density at radius 1 is 1.44 bits per heavy atom. The molecule has 5 heteroatoms. The zero-order valence-electron chi connectivity index (χ0n) is 10.1. The molecule has 0 spiro atoms. The maximum absolute atomic E-state index is 11.7. The molecule has 16 heavy (non-hydrogen) atoms. The smallest absolute Gasteiger partial charge is 0.318 e. The molecule has 0 aromatic rings. The van der Waals surface area contributed by atoms with Crippen LogP contribution in [0.3, 0.4) is 0 Å². The van der Waals surface area contributed by atoms with Crippen LogP contribution in [-0.2, 0) is 4.79 Å². The minimum atomic E-state index is -0.924. The van der Waals surface area contributed by atoms with E-state index in [1.165, 1.54) is 0 Å². The molecule has 0 radical (unpaired) electrons. The number of hydrogen-bond acceptors (Lipinski definition) is 2. The highest BCUT2D eigenvalue weighted by atomic mass is 16.4. The van der Waals surface area contributed by atoms with Crippen LogP contribution in [0.25, 0.3) is 0 Å². The number of carboxylic acids is 1. The Labute approximate surface area is 96.1 Å². The lowest BCUT2D eigenvalue weighted by Crippen LogP contribution is -2.47. The summed E-state index contributed by atoms with van der Waals surface area (Å²) in [6.45, 7) is 9.48. The molecule has 0 saturated carbocycles. The summed E-state index contributed by atoms with van der Waals surface area (Å²) in [6, 6.07) is -0.588. The molecule has 0 bridgehead atoms. The van der Waals surface area contributed by atoms with Crippen molar-refractivity contribution in [3.05, 3.63) is 12.7 Å². The standard InChI is InChI=1S/C11H20N2O3/c1-5-6-13(8(2)3)11(16)12-9(4)7-10(14)15/h5,8-9H,1,6-7H2,2-4H3,(H,12,16)(H,14,15). The quantitative estimate of drug-likeness (QED) is 0.676. The minimum Gasteiger partial charge on any atom is -0.481 e. The minimum absolute atomic E-state index is 0.0510. The summed E-state index contributed by atoms with van der Waals surface area (Å²) in [5.41, 5.74) is 0. The van der Waals surface area contributed by atoms with Gasteiger partial charge in [-0.2, -0.15) is 0 Å². The number of urea groups is 1. The zero-order valence-corrected chi connectivity index (χ0v) is 10.1. The molecule has 1 unspecified atom stereocenters. The van der Waals surface area contributed by atoms with Crippen LogP contribution in [0.2, 0.25) is 0 Å². The molecule has 0 aliphatic rings. The number of aliphatic carboxylic acids is 1. The Morgan fingerprint density at radius 2 is 2.00 bits per heavy atom. The summed E-state index contributed by atoms with van der Waals surface area (Å²) in [5, 5.41) is 11.2. The Balaban J connectivity index is 4.29. The molecule has 0 fully saturated rings. The predicted molar refractivity (Wildman–Crippen MR) is 62.3 cm³/mol. The van der Waals surface area contributed by atoms with Crippen molar-refractivity contribution in [2.24, 2.45) is 0 Å². The first-order valence-corrected chi connectivity index (χ1v) is 5.28. The number of hydrogen-bond donors (Lipinski definition) is 2. The second-order valence-electron chi connectivity index (χ2n) is 3.98. The Hall–Kier alpha value is -1.52. The summed E-state index contributed by atoms with van der Waals surface area (Å²) < 4.78 is 0. The van der Waals surface area contributed by atoms with E-state index in [0.717, 1.165) is 0 Å². The molecule has 0 aliphatic heterocycles. The van der Waals surface area contributed by atoms with Crippen molar-refractivity contribution in [2.45, 2.75) is 39.3 Å². The van der Waals surface area contributed by atoms with Gasteiger partial charge < -0.3 is 15.3 Å². The second kappa shape index (κ2) is 6.87. The van der Waals surface area contributed by atoms with Gasteiger partial charge >= 0.3 is 12.0 Å². The molecule has 92 valence electrons. The van der Waals surface area contributed by atoms with Gasteiger partial charge in [0.15, 0.2) is 0 Å². The Kier molecular flexibility index (Phi) is 6.22. The van der Waals surface area contributed by atoms with Crippen molar-refractivity contribution in [1.29, 1.82) is 0 Å². The third kappa shape index (κ3) is 5.38.